The molecule has 0 bridgehead atoms. The van der Waals surface area contributed by atoms with E-state index in [-0.39, 0.29) is 36.3 Å². The fourth-order valence-electron chi connectivity index (χ4n) is 1.48. The molecule has 0 heterocycles. The summed E-state index contributed by atoms with van der Waals surface area (Å²) in [5.74, 6) is -3.27. The van der Waals surface area contributed by atoms with Crippen LogP contribution < -0.4 is 0 Å². The number of hydrogen-bond donors (Lipinski definition) is 0. The molecular weight excluding hydrogens is 408 g/mol. The minimum absolute atomic E-state index is 0.217. The summed E-state index contributed by atoms with van der Waals surface area (Å²) in [6.07, 6.45) is 0. The number of ether oxygens (including phenoxy) is 2. The maximum Gasteiger partial charge on any atom is 0.318 e. The lowest BCUT2D eigenvalue weighted by Gasteiger charge is -2.16. The van der Waals surface area contributed by atoms with Crippen molar-refractivity contribution in [3.05, 3.63) is 0 Å². The molecule has 0 fully saturated rings. The van der Waals surface area contributed by atoms with Crippen LogP contribution in [0.1, 0.15) is 41.5 Å². The van der Waals surface area contributed by atoms with Gasteiger partial charge in [-0.25, -0.2) is 0 Å². The number of carbonyl (C=O) groups is 4. The molecule has 0 spiro atoms. The van der Waals surface area contributed by atoms with Crippen molar-refractivity contribution in [2.45, 2.75) is 41.5 Å². The molecule has 0 saturated heterocycles. The summed E-state index contributed by atoms with van der Waals surface area (Å²) in [4.78, 5) is 46.6. The Balaban J connectivity index is 4.06. The van der Waals surface area contributed by atoms with E-state index >= 15 is 0 Å². The normalized spacial score (nSPS) is 14.1. The van der Waals surface area contributed by atoms with Gasteiger partial charge in [-0.15, -0.1) is 0 Å². The number of ketones is 2. The smallest absolute Gasteiger partial charge is 0.318 e. The molecule has 0 amide bonds. The number of carbonyl (C=O) groups excluding carboxylic acids is 4. The second kappa shape index (κ2) is 11.5. The molecule has 2 unspecified atom stereocenters. The minimum atomic E-state index is -1.67. The van der Waals surface area contributed by atoms with Crippen molar-refractivity contribution in [3.8, 4) is 0 Å². The molecule has 10 heteroatoms. The van der Waals surface area contributed by atoms with Gasteiger partial charge in [-0.3, -0.25) is 27.6 Å². The highest BCUT2D eigenvalue weighted by Crippen LogP contribution is 2.15. The summed E-state index contributed by atoms with van der Waals surface area (Å²) >= 11 is 0. The third kappa shape index (κ3) is 12.1. The summed E-state index contributed by atoms with van der Waals surface area (Å²) in [6.45, 7) is 9.70. The second-order valence-corrected chi connectivity index (χ2v) is 11.2. The van der Waals surface area contributed by atoms with Crippen LogP contribution >= 0.6 is 0 Å². The lowest BCUT2D eigenvalue weighted by molar-refractivity contribution is -0.148. The molecule has 0 aliphatic carbocycles. The van der Waals surface area contributed by atoms with Gasteiger partial charge in [0.15, 0.2) is 11.6 Å². The molecule has 0 aromatic rings. The molecular formula is C18H30O8S2. The van der Waals surface area contributed by atoms with Crippen molar-refractivity contribution in [1.82, 2.24) is 0 Å². The molecule has 0 aromatic heterocycles. The van der Waals surface area contributed by atoms with Gasteiger partial charge in [-0.05, 0) is 0 Å². The number of hydrogen-bond acceptors (Lipinski definition) is 8. The third-order valence-electron chi connectivity index (χ3n) is 3.42. The van der Waals surface area contributed by atoms with E-state index in [9.17, 15) is 27.6 Å². The molecule has 2 atom stereocenters. The molecule has 0 rings (SSSR count). The zero-order valence-electron chi connectivity index (χ0n) is 17.3. The van der Waals surface area contributed by atoms with Gasteiger partial charge in [0.25, 0.3) is 0 Å². The average Bonchev–Trinajstić information content (AvgIpc) is 2.49. The average molecular weight is 439 g/mol. The maximum absolute atomic E-state index is 11.8. The molecule has 0 aromatic carbocycles. The predicted molar refractivity (Wildman–Crippen MR) is 107 cm³/mol. The third-order valence-corrected chi connectivity index (χ3v) is 5.71. The summed E-state index contributed by atoms with van der Waals surface area (Å²) in [7, 11) is -3.33. The highest BCUT2D eigenvalue weighted by atomic mass is 32.2. The van der Waals surface area contributed by atoms with E-state index in [1.165, 1.54) is 0 Å². The minimum Gasteiger partial charge on any atom is -0.461 e. The fourth-order valence-corrected chi connectivity index (χ4v) is 3.83. The van der Waals surface area contributed by atoms with Gasteiger partial charge < -0.3 is 9.47 Å². The first-order valence-corrected chi connectivity index (χ1v) is 11.7. The standard InChI is InChI=1S/C18H30O8S2/c1-17(2,3)13(19)9-27(23)11-15(21)25-7-8-26-16(22)12-28(24)10-14(20)18(4,5)6/h7-12H2,1-6H3. The van der Waals surface area contributed by atoms with Crippen LogP contribution in [0.4, 0.5) is 0 Å². The summed E-state index contributed by atoms with van der Waals surface area (Å²) in [5.41, 5.74) is -1.27. The Bertz CT molecular complexity index is 585. The van der Waals surface area contributed by atoms with E-state index in [4.69, 9.17) is 9.47 Å². The molecule has 0 radical (unpaired) electrons. The Kier molecular flexibility index (Phi) is 11.0. The van der Waals surface area contributed by atoms with E-state index in [0.29, 0.717) is 0 Å². The molecule has 0 aliphatic rings. The van der Waals surface area contributed by atoms with Gasteiger partial charge in [-0.2, -0.15) is 0 Å². The Labute approximate surface area is 171 Å². The number of Topliss-reactive ketones (excluding diaryl/α,β-unsaturated/α-hetero) is 2. The Morgan fingerprint density at radius 3 is 1.14 bits per heavy atom. The lowest BCUT2D eigenvalue weighted by Crippen LogP contribution is -2.29. The van der Waals surface area contributed by atoms with Crippen LogP contribution in [-0.2, 0) is 50.3 Å². The highest BCUT2D eigenvalue weighted by Gasteiger charge is 2.25. The largest absolute Gasteiger partial charge is 0.461 e. The van der Waals surface area contributed by atoms with Crippen LogP contribution in [-0.4, -0.2) is 68.1 Å². The molecule has 0 N–H and O–H groups in total. The van der Waals surface area contributed by atoms with E-state index < -0.39 is 55.9 Å². The van der Waals surface area contributed by atoms with Gasteiger partial charge >= 0.3 is 11.9 Å². The van der Waals surface area contributed by atoms with Gasteiger partial charge in [0.1, 0.15) is 24.7 Å². The topological polar surface area (TPSA) is 121 Å². The zero-order valence-corrected chi connectivity index (χ0v) is 19.0. The monoisotopic (exact) mass is 438 g/mol. The van der Waals surface area contributed by atoms with Crippen LogP contribution in [0, 0.1) is 10.8 Å². The van der Waals surface area contributed by atoms with Crippen molar-refractivity contribution in [2.75, 3.05) is 36.2 Å². The van der Waals surface area contributed by atoms with Crippen molar-refractivity contribution in [3.63, 3.8) is 0 Å². The Morgan fingerprint density at radius 1 is 0.607 bits per heavy atom. The van der Waals surface area contributed by atoms with Crippen molar-refractivity contribution in [1.29, 1.82) is 0 Å². The van der Waals surface area contributed by atoms with Crippen LogP contribution in [0.15, 0.2) is 0 Å². The van der Waals surface area contributed by atoms with E-state index in [0.717, 1.165) is 0 Å². The van der Waals surface area contributed by atoms with Gasteiger partial charge in [0.2, 0.25) is 0 Å². The van der Waals surface area contributed by atoms with Gasteiger partial charge in [-0.1, -0.05) is 41.5 Å². The Hall–Kier alpha value is -1.42. The SMILES string of the molecule is CC(C)(C)C(=O)CS(=O)CC(=O)OCCOC(=O)CS(=O)CC(=O)C(C)(C)C. The fraction of sp³-hybridized carbons (Fsp3) is 0.778. The van der Waals surface area contributed by atoms with E-state index in [2.05, 4.69) is 0 Å². The van der Waals surface area contributed by atoms with Gasteiger partial charge in [0.05, 0.1) is 11.5 Å². The quantitative estimate of drug-likeness (QED) is 0.343. The first-order valence-electron chi connectivity index (χ1n) is 8.70. The van der Waals surface area contributed by atoms with Crippen molar-refractivity contribution in [2.24, 2.45) is 10.8 Å². The van der Waals surface area contributed by atoms with Crippen LogP contribution in [0.25, 0.3) is 0 Å². The molecule has 28 heavy (non-hydrogen) atoms. The summed E-state index contributed by atoms with van der Waals surface area (Å²) in [5, 5.41) is 0. The van der Waals surface area contributed by atoms with Crippen LogP contribution in [0.2, 0.25) is 0 Å². The highest BCUT2D eigenvalue weighted by molar-refractivity contribution is 7.86. The molecule has 8 nitrogen and oxygen atoms in total. The first kappa shape index (κ1) is 26.6. The Morgan fingerprint density at radius 2 is 0.893 bits per heavy atom. The lowest BCUT2D eigenvalue weighted by atomic mass is 9.92. The number of esters is 2. The van der Waals surface area contributed by atoms with Crippen molar-refractivity contribution < 1.29 is 37.1 Å². The van der Waals surface area contributed by atoms with Crippen LogP contribution in [0.3, 0.4) is 0 Å². The maximum atomic E-state index is 11.8. The van der Waals surface area contributed by atoms with Gasteiger partial charge in [0, 0.05) is 32.4 Å². The molecule has 162 valence electrons. The first-order chi connectivity index (χ1) is 12.6. The van der Waals surface area contributed by atoms with E-state index in [1.54, 1.807) is 41.5 Å². The second-order valence-electron chi connectivity index (χ2n) is 8.24. The van der Waals surface area contributed by atoms with Crippen LogP contribution in [0.5, 0.6) is 0 Å². The number of rotatable bonds is 11. The summed E-state index contributed by atoms with van der Waals surface area (Å²) in [6, 6.07) is 0. The predicted octanol–water partition coefficient (Wildman–Crippen LogP) is 0.801. The zero-order chi connectivity index (χ0) is 22.1. The van der Waals surface area contributed by atoms with E-state index in [1.807, 2.05) is 0 Å². The molecule has 0 saturated carbocycles. The summed E-state index contributed by atoms with van der Waals surface area (Å²) < 4.78 is 33.1. The molecule has 0 aliphatic heterocycles. The van der Waals surface area contributed by atoms with Crippen molar-refractivity contribution >= 4 is 45.1 Å².